The number of H-pyrrole nitrogens is 1. The fourth-order valence-corrected chi connectivity index (χ4v) is 6.73. The van der Waals surface area contributed by atoms with E-state index in [0.717, 1.165) is 22.6 Å². The number of thioether (sulfide) groups is 1. The van der Waals surface area contributed by atoms with E-state index in [0.29, 0.717) is 29.7 Å². The molecule has 2 N–H and O–H groups in total. The van der Waals surface area contributed by atoms with E-state index in [1.807, 2.05) is 61.7 Å². The topological polar surface area (TPSA) is 101 Å². The van der Waals surface area contributed by atoms with Crippen molar-refractivity contribution >= 4 is 40.1 Å². The zero-order valence-electron chi connectivity index (χ0n) is 21.8. The molecule has 1 aliphatic carbocycles. The number of ketones is 3. The summed E-state index contributed by atoms with van der Waals surface area (Å²) < 4.78 is 5.65. The first-order chi connectivity index (χ1) is 19.0. The lowest BCUT2D eigenvalue weighted by atomic mass is 9.70. The Morgan fingerprint density at radius 3 is 2.28 bits per heavy atom. The molecule has 3 unspecified atom stereocenters. The van der Waals surface area contributed by atoms with Gasteiger partial charge in [-0.15, -0.1) is 0 Å². The van der Waals surface area contributed by atoms with Gasteiger partial charge in [0.05, 0.1) is 23.6 Å². The lowest BCUT2D eigenvalue weighted by molar-refractivity contribution is 0.0653. The van der Waals surface area contributed by atoms with Crippen LogP contribution in [0.5, 0.6) is 5.75 Å². The van der Waals surface area contributed by atoms with E-state index in [4.69, 9.17) is 4.74 Å². The lowest BCUT2D eigenvalue weighted by Gasteiger charge is -2.29. The van der Waals surface area contributed by atoms with E-state index < -0.39 is 17.4 Å². The van der Waals surface area contributed by atoms with E-state index in [9.17, 15) is 14.4 Å². The number of nitrogens with zero attached hydrogens (tertiary/aromatic N) is 1. The van der Waals surface area contributed by atoms with Crippen LogP contribution in [-0.4, -0.2) is 57.5 Å². The normalized spacial score (nSPS) is 21.5. The van der Waals surface area contributed by atoms with E-state index in [-0.39, 0.29) is 29.2 Å². The summed E-state index contributed by atoms with van der Waals surface area (Å²) in [6, 6.07) is 21.6. The van der Waals surface area contributed by atoms with Gasteiger partial charge in [-0.05, 0) is 55.2 Å². The van der Waals surface area contributed by atoms with Crippen LogP contribution in [0.4, 0.5) is 0 Å². The van der Waals surface area contributed by atoms with Crippen LogP contribution in [0, 0.1) is 5.92 Å². The van der Waals surface area contributed by atoms with Crippen LogP contribution in [0.2, 0.25) is 0 Å². The van der Waals surface area contributed by atoms with Crippen LogP contribution in [0.25, 0.3) is 11.0 Å². The number of fused-ring (bicyclic) bond motifs is 2. The fraction of sp³-hybridized carbons (Fsp3) is 0.290. The molecule has 0 saturated carbocycles. The second-order valence-electron chi connectivity index (χ2n) is 10.0. The standard InChI is InChI=1S/C31H29N3O4S/c1-3-38-19-14-12-18(13-15-19)25-24(16-17-39-2)34-31(28(36)20-8-4-5-9-21(20)29(31)37)26(25)27(35)30-32-22-10-6-7-11-23(22)33-30/h4-15,24-26,34H,3,16-17H2,1-2H3,(H,32,33). The highest BCUT2D eigenvalue weighted by Crippen LogP contribution is 2.50. The van der Waals surface area contributed by atoms with Gasteiger partial charge < -0.3 is 9.72 Å². The van der Waals surface area contributed by atoms with Gasteiger partial charge in [-0.2, -0.15) is 11.8 Å². The smallest absolute Gasteiger partial charge is 0.204 e. The number of rotatable bonds is 8. The van der Waals surface area contributed by atoms with Crippen molar-refractivity contribution in [3.05, 3.63) is 95.3 Å². The van der Waals surface area contributed by atoms with Gasteiger partial charge in [0.25, 0.3) is 0 Å². The van der Waals surface area contributed by atoms with Gasteiger partial charge in [0.1, 0.15) is 5.75 Å². The average molecular weight is 540 g/mol. The third-order valence-corrected chi connectivity index (χ3v) is 8.56. The van der Waals surface area contributed by atoms with Gasteiger partial charge >= 0.3 is 0 Å². The Kier molecular flexibility index (Phi) is 6.61. The maximum Gasteiger partial charge on any atom is 0.204 e. The molecule has 3 aromatic carbocycles. The largest absolute Gasteiger partial charge is 0.494 e. The predicted octanol–water partition coefficient (Wildman–Crippen LogP) is 5.09. The Balaban J connectivity index is 1.54. The number of hydrogen-bond donors (Lipinski definition) is 2. The fourth-order valence-electron chi connectivity index (χ4n) is 6.25. The van der Waals surface area contributed by atoms with E-state index in [1.54, 1.807) is 36.0 Å². The molecule has 39 heavy (non-hydrogen) atoms. The molecule has 8 heteroatoms. The monoisotopic (exact) mass is 539 g/mol. The van der Waals surface area contributed by atoms with Crippen molar-refractivity contribution in [2.45, 2.75) is 30.8 Å². The molecule has 1 fully saturated rings. The van der Waals surface area contributed by atoms with E-state index in [1.165, 1.54) is 0 Å². The summed E-state index contributed by atoms with van der Waals surface area (Å²) in [5, 5.41) is 3.46. The quantitative estimate of drug-likeness (QED) is 0.238. The maximum absolute atomic E-state index is 14.5. The summed E-state index contributed by atoms with van der Waals surface area (Å²) in [5.74, 6) is -0.782. The van der Waals surface area contributed by atoms with Crippen LogP contribution in [0.3, 0.4) is 0 Å². The van der Waals surface area contributed by atoms with Gasteiger partial charge in [-0.25, -0.2) is 4.98 Å². The van der Waals surface area contributed by atoms with Crippen molar-refractivity contribution in [1.29, 1.82) is 0 Å². The molecule has 0 radical (unpaired) electrons. The Hall–Kier alpha value is -3.75. The third kappa shape index (κ3) is 4.01. The summed E-state index contributed by atoms with van der Waals surface area (Å²) in [6.45, 7) is 2.46. The SMILES string of the molecule is CCOc1ccc(C2C(CCSC)NC3(C(=O)c4ccccc4C3=O)C2C(=O)c2nc3ccccc3[nH]2)cc1. The number of aromatic amines is 1. The van der Waals surface area contributed by atoms with Crippen molar-refractivity contribution in [3.8, 4) is 5.75 Å². The lowest BCUT2D eigenvalue weighted by Crippen LogP contribution is -2.58. The first-order valence-corrected chi connectivity index (χ1v) is 14.6. The van der Waals surface area contributed by atoms with Crippen LogP contribution < -0.4 is 10.1 Å². The summed E-state index contributed by atoms with van der Waals surface area (Å²) in [6.07, 6.45) is 2.71. The molecule has 1 saturated heterocycles. The second-order valence-corrected chi connectivity index (χ2v) is 11.0. The van der Waals surface area contributed by atoms with Crippen molar-refractivity contribution < 1.29 is 19.1 Å². The maximum atomic E-state index is 14.5. The summed E-state index contributed by atoms with van der Waals surface area (Å²) in [7, 11) is 0. The molecule has 6 rings (SSSR count). The second kappa shape index (κ2) is 10.1. The molecule has 4 aromatic rings. The number of ether oxygens (including phenoxy) is 1. The molecule has 3 atom stereocenters. The van der Waals surface area contributed by atoms with Crippen LogP contribution >= 0.6 is 11.8 Å². The van der Waals surface area contributed by atoms with Gasteiger partial charge in [0.15, 0.2) is 22.9 Å². The molecule has 2 heterocycles. The molecule has 7 nitrogen and oxygen atoms in total. The molecule has 0 bridgehead atoms. The van der Waals surface area contributed by atoms with Crippen LogP contribution in [-0.2, 0) is 0 Å². The Bertz CT molecular complexity index is 1510. The van der Waals surface area contributed by atoms with Crippen LogP contribution in [0.1, 0.15) is 56.2 Å². The Labute approximate surface area is 230 Å². The van der Waals surface area contributed by atoms with E-state index >= 15 is 0 Å². The molecule has 1 spiro atoms. The highest BCUT2D eigenvalue weighted by molar-refractivity contribution is 7.98. The van der Waals surface area contributed by atoms with Crippen molar-refractivity contribution in [2.24, 2.45) is 5.92 Å². The van der Waals surface area contributed by atoms with Gasteiger partial charge in [-0.3, -0.25) is 19.7 Å². The Morgan fingerprint density at radius 1 is 0.974 bits per heavy atom. The highest BCUT2D eigenvalue weighted by Gasteiger charge is 2.67. The highest BCUT2D eigenvalue weighted by atomic mass is 32.2. The number of imidazole rings is 1. The minimum atomic E-state index is -1.70. The molecule has 198 valence electrons. The average Bonchev–Trinajstić information content (AvgIpc) is 3.61. The Morgan fingerprint density at radius 2 is 1.64 bits per heavy atom. The van der Waals surface area contributed by atoms with Crippen molar-refractivity contribution in [1.82, 2.24) is 15.3 Å². The molecule has 0 amide bonds. The summed E-state index contributed by atoms with van der Waals surface area (Å²) in [5.41, 5.74) is 1.27. The summed E-state index contributed by atoms with van der Waals surface area (Å²) >= 11 is 1.69. The van der Waals surface area contributed by atoms with Gasteiger partial charge in [0, 0.05) is 23.1 Å². The number of carbonyl (C=O) groups is 3. The molecular weight excluding hydrogens is 510 g/mol. The number of benzene rings is 3. The zero-order chi connectivity index (χ0) is 27.1. The number of Topliss-reactive ketones (excluding diaryl/α,β-unsaturated/α-hetero) is 3. The number of nitrogens with one attached hydrogen (secondary N) is 2. The molecule has 1 aromatic heterocycles. The molecule has 1 aliphatic heterocycles. The first-order valence-electron chi connectivity index (χ1n) is 13.2. The third-order valence-electron chi connectivity index (χ3n) is 7.92. The number of aromatic nitrogens is 2. The predicted molar refractivity (Wildman–Crippen MR) is 152 cm³/mol. The van der Waals surface area contributed by atoms with Crippen molar-refractivity contribution in [2.75, 3.05) is 18.6 Å². The van der Waals surface area contributed by atoms with Crippen LogP contribution in [0.15, 0.2) is 72.8 Å². The van der Waals surface area contributed by atoms with E-state index in [2.05, 4.69) is 15.3 Å². The van der Waals surface area contributed by atoms with Gasteiger partial charge in [0.2, 0.25) is 5.78 Å². The minimum Gasteiger partial charge on any atom is -0.494 e. The van der Waals surface area contributed by atoms with Gasteiger partial charge in [-0.1, -0.05) is 48.5 Å². The first kappa shape index (κ1) is 25.5. The minimum absolute atomic E-state index is 0.153. The number of carbonyl (C=O) groups excluding carboxylic acids is 3. The number of para-hydroxylation sites is 2. The van der Waals surface area contributed by atoms with Crippen molar-refractivity contribution in [3.63, 3.8) is 0 Å². The summed E-state index contributed by atoms with van der Waals surface area (Å²) in [4.78, 5) is 50.6. The molecular formula is C31H29N3O4S. The zero-order valence-corrected chi connectivity index (χ0v) is 22.6. The molecule has 2 aliphatic rings. The number of hydrogen-bond acceptors (Lipinski definition) is 7.